The van der Waals surface area contributed by atoms with Crippen LogP contribution in [0.3, 0.4) is 0 Å². The summed E-state index contributed by atoms with van der Waals surface area (Å²) in [6, 6.07) is 0.751. The summed E-state index contributed by atoms with van der Waals surface area (Å²) in [5.74, 6) is 1.26. The van der Waals surface area contributed by atoms with E-state index in [0.717, 1.165) is 6.04 Å². The van der Waals surface area contributed by atoms with Crippen LogP contribution in [0.15, 0.2) is 0 Å². The predicted molar refractivity (Wildman–Crippen MR) is 84.6 cm³/mol. The number of rotatable bonds is 8. The van der Waals surface area contributed by atoms with Gasteiger partial charge >= 0.3 is 0 Å². The maximum atomic E-state index is 3.62. The Kier molecular flexibility index (Phi) is 7.66. The number of nitrogens with zero attached hydrogens (tertiary/aromatic N) is 1. The van der Waals surface area contributed by atoms with Crippen molar-refractivity contribution in [2.24, 2.45) is 0 Å². The van der Waals surface area contributed by atoms with Crippen LogP contribution in [-0.4, -0.2) is 47.6 Å². The zero-order valence-electron chi connectivity index (χ0n) is 12.8. The van der Waals surface area contributed by atoms with Gasteiger partial charge in [-0.2, -0.15) is 11.8 Å². The number of hydrogen-bond acceptors (Lipinski definition) is 3. The minimum absolute atomic E-state index is 0.405. The SMILES string of the molecule is CCCCN(CCSC(C)(C)C)CC1CCCN1. The summed E-state index contributed by atoms with van der Waals surface area (Å²) in [5.41, 5.74) is 0. The molecule has 1 saturated heterocycles. The summed E-state index contributed by atoms with van der Waals surface area (Å²) in [6.45, 7) is 14.2. The van der Waals surface area contributed by atoms with Crippen LogP contribution in [0.4, 0.5) is 0 Å². The lowest BCUT2D eigenvalue weighted by atomic mass is 10.2. The van der Waals surface area contributed by atoms with E-state index in [-0.39, 0.29) is 0 Å². The molecule has 0 spiro atoms. The highest BCUT2D eigenvalue weighted by Gasteiger charge is 2.18. The van der Waals surface area contributed by atoms with Crippen molar-refractivity contribution in [1.29, 1.82) is 0 Å². The third kappa shape index (κ3) is 7.65. The van der Waals surface area contributed by atoms with E-state index >= 15 is 0 Å². The Balaban J connectivity index is 2.25. The Morgan fingerprint density at radius 3 is 2.61 bits per heavy atom. The van der Waals surface area contributed by atoms with E-state index in [0.29, 0.717) is 4.75 Å². The molecule has 0 saturated carbocycles. The van der Waals surface area contributed by atoms with Crippen LogP contribution in [0.1, 0.15) is 53.4 Å². The van der Waals surface area contributed by atoms with Crippen molar-refractivity contribution in [3.63, 3.8) is 0 Å². The smallest absolute Gasteiger partial charge is 0.0195 e. The molecule has 1 N–H and O–H groups in total. The molecule has 1 rings (SSSR count). The highest BCUT2D eigenvalue weighted by molar-refractivity contribution is 8.00. The summed E-state index contributed by atoms with van der Waals surface area (Å²) in [5, 5.41) is 3.62. The molecule has 0 bridgehead atoms. The Morgan fingerprint density at radius 2 is 2.06 bits per heavy atom. The number of hydrogen-bond donors (Lipinski definition) is 1. The van der Waals surface area contributed by atoms with Gasteiger partial charge in [0.25, 0.3) is 0 Å². The Bertz CT molecular complexity index is 207. The molecule has 0 aromatic rings. The van der Waals surface area contributed by atoms with Crippen molar-refractivity contribution >= 4 is 11.8 Å². The zero-order chi connectivity index (χ0) is 13.4. The topological polar surface area (TPSA) is 15.3 Å². The average molecular weight is 273 g/mol. The quantitative estimate of drug-likeness (QED) is 0.729. The monoisotopic (exact) mass is 272 g/mol. The maximum Gasteiger partial charge on any atom is 0.0195 e. The van der Waals surface area contributed by atoms with Gasteiger partial charge in [0.1, 0.15) is 0 Å². The van der Waals surface area contributed by atoms with Crippen LogP contribution in [0.5, 0.6) is 0 Å². The van der Waals surface area contributed by atoms with Gasteiger partial charge in [-0.05, 0) is 32.4 Å². The van der Waals surface area contributed by atoms with E-state index in [1.54, 1.807) is 0 Å². The summed E-state index contributed by atoms with van der Waals surface area (Å²) in [4.78, 5) is 2.67. The Labute approximate surface area is 118 Å². The number of nitrogens with one attached hydrogen (secondary N) is 1. The van der Waals surface area contributed by atoms with Gasteiger partial charge in [-0.25, -0.2) is 0 Å². The summed E-state index contributed by atoms with van der Waals surface area (Å²) in [7, 11) is 0. The largest absolute Gasteiger partial charge is 0.313 e. The highest BCUT2D eigenvalue weighted by atomic mass is 32.2. The van der Waals surface area contributed by atoms with E-state index in [1.165, 1.54) is 57.6 Å². The summed E-state index contributed by atoms with van der Waals surface area (Å²) >= 11 is 2.09. The molecule has 1 atom stereocenters. The van der Waals surface area contributed by atoms with Gasteiger partial charge in [0.05, 0.1) is 0 Å². The van der Waals surface area contributed by atoms with E-state index < -0.39 is 0 Å². The zero-order valence-corrected chi connectivity index (χ0v) is 13.6. The predicted octanol–water partition coefficient (Wildman–Crippen LogP) is 3.37. The second-order valence-corrected chi connectivity index (χ2v) is 8.33. The first-order valence-corrected chi connectivity index (χ1v) is 8.59. The van der Waals surface area contributed by atoms with E-state index in [4.69, 9.17) is 0 Å². The molecule has 1 fully saturated rings. The standard InChI is InChI=1S/C15H32N2S/c1-5-6-10-17(11-12-18-15(2,3)4)13-14-8-7-9-16-14/h14,16H,5-13H2,1-4H3. The maximum absolute atomic E-state index is 3.62. The second kappa shape index (κ2) is 8.44. The van der Waals surface area contributed by atoms with Gasteiger partial charge in [-0.1, -0.05) is 34.1 Å². The lowest BCUT2D eigenvalue weighted by Crippen LogP contribution is -2.39. The van der Waals surface area contributed by atoms with Crippen LogP contribution in [0.25, 0.3) is 0 Å². The third-order valence-electron chi connectivity index (χ3n) is 3.41. The molecule has 1 aliphatic rings. The first-order chi connectivity index (χ1) is 8.51. The van der Waals surface area contributed by atoms with Crippen LogP contribution >= 0.6 is 11.8 Å². The summed E-state index contributed by atoms with van der Waals surface area (Å²) in [6.07, 6.45) is 5.38. The van der Waals surface area contributed by atoms with Crippen molar-refractivity contribution in [1.82, 2.24) is 10.2 Å². The molecular formula is C15H32N2S. The van der Waals surface area contributed by atoms with Gasteiger partial charge in [-0.3, -0.25) is 0 Å². The molecule has 1 heterocycles. The van der Waals surface area contributed by atoms with Crippen LogP contribution in [0.2, 0.25) is 0 Å². The van der Waals surface area contributed by atoms with Crippen molar-refractivity contribution in [3.05, 3.63) is 0 Å². The van der Waals surface area contributed by atoms with Crippen LogP contribution < -0.4 is 5.32 Å². The van der Waals surface area contributed by atoms with Gasteiger partial charge in [-0.15, -0.1) is 0 Å². The fourth-order valence-electron chi connectivity index (χ4n) is 2.38. The fourth-order valence-corrected chi connectivity index (χ4v) is 3.34. The average Bonchev–Trinajstić information content (AvgIpc) is 2.76. The molecule has 18 heavy (non-hydrogen) atoms. The van der Waals surface area contributed by atoms with Crippen molar-refractivity contribution in [2.45, 2.75) is 64.2 Å². The van der Waals surface area contributed by atoms with E-state index in [1.807, 2.05) is 0 Å². The molecule has 1 unspecified atom stereocenters. The lowest BCUT2D eigenvalue weighted by Gasteiger charge is -2.27. The normalized spacial score (nSPS) is 20.8. The molecule has 0 aromatic carbocycles. The van der Waals surface area contributed by atoms with Crippen LogP contribution in [-0.2, 0) is 0 Å². The van der Waals surface area contributed by atoms with E-state index in [9.17, 15) is 0 Å². The molecule has 2 nitrogen and oxygen atoms in total. The number of unbranched alkanes of at least 4 members (excludes halogenated alkanes) is 1. The number of thioether (sulfide) groups is 1. The van der Waals surface area contributed by atoms with Gasteiger partial charge in [0.15, 0.2) is 0 Å². The first-order valence-electron chi connectivity index (χ1n) is 7.61. The van der Waals surface area contributed by atoms with Crippen molar-refractivity contribution in [3.8, 4) is 0 Å². The Morgan fingerprint density at radius 1 is 1.28 bits per heavy atom. The highest BCUT2D eigenvalue weighted by Crippen LogP contribution is 2.23. The molecule has 0 aliphatic carbocycles. The molecule has 0 amide bonds. The molecule has 0 radical (unpaired) electrons. The summed E-state index contributed by atoms with van der Waals surface area (Å²) < 4.78 is 0.405. The minimum Gasteiger partial charge on any atom is -0.313 e. The van der Waals surface area contributed by atoms with Crippen LogP contribution in [0, 0.1) is 0 Å². The second-order valence-electron chi connectivity index (χ2n) is 6.41. The minimum atomic E-state index is 0.405. The molecule has 0 aromatic heterocycles. The first kappa shape index (κ1) is 16.3. The van der Waals surface area contributed by atoms with E-state index in [2.05, 4.69) is 49.7 Å². The fraction of sp³-hybridized carbons (Fsp3) is 1.00. The third-order valence-corrected chi connectivity index (χ3v) is 4.66. The molecule has 108 valence electrons. The van der Waals surface area contributed by atoms with Gasteiger partial charge < -0.3 is 10.2 Å². The molecule has 3 heteroatoms. The Hall–Kier alpha value is 0.270. The van der Waals surface area contributed by atoms with Crippen molar-refractivity contribution in [2.75, 3.05) is 31.9 Å². The lowest BCUT2D eigenvalue weighted by molar-refractivity contribution is 0.259. The van der Waals surface area contributed by atoms with Crippen molar-refractivity contribution < 1.29 is 0 Å². The molecule has 1 aliphatic heterocycles. The van der Waals surface area contributed by atoms with Gasteiger partial charge in [0, 0.05) is 29.6 Å². The molecular weight excluding hydrogens is 240 g/mol. The van der Waals surface area contributed by atoms with Gasteiger partial charge in [0.2, 0.25) is 0 Å².